The standard InChI is InChI=1S/C16H25N3OS/c17-16(9-3-4-10-16)15(20)18-11-5-8-14-19-12-6-1-2-7-13(12)21-14/h1-11,17H2,(H,18,20). The molecule has 0 radical (unpaired) electrons. The summed E-state index contributed by atoms with van der Waals surface area (Å²) in [7, 11) is 0. The van der Waals surface area contributed by atoms with Crippen LogP contribution >= 0.6 is 11.3 Å². The van der Waals surface area contributed by atoms with Gasteiger partial charge in [-0.15, -0.1) is 11.3 Å². The molecule has 1 aromatic heterocycles. The van der Waals surface area contributed by atoms with Gasteiger partial charge in [0.05, 0.1) is 16.2 Å². The van der Waals surface area contributed by atoms with E-state index in [1.165, 1.54) is 34.8 Å². The Labute approximate surface area is 130 Å². The zero-order valence-electron chi connectivity index (χ0n) is 12.6. The third kappa shape index (κ3) is 3.46. The smallest absolute Gasteiger partial charge is 0.240 e. The van der Waals surface area contributed by atoms with Crippen LogP contribution in [-0.4, -0.2) is 23.0 Å². The molecule has 0 atom stereocenters. The number of nitrogens with one attached hydrogen (secondary N) is 1. The van der Waals surface area contributed by atoms with E-state index in [1.807, 2.05) is 11.3 Å². The Kier molecular flexibility index (Phi) is 4.60. The molecule has 4 nitrogen and oxygen atoms in total. The van der Waals surface area contributed by atoms with Crippen LogP contribution in [0.5, 0.6) is 0 Å². The summed E-state index contributed by atoms with van der Waals surface area (Å²) in [5.41, 5.74) is 6.87. The first-order valence-electron chi connectivity index (χ1n) is 8.22. The van der Waals surface area contributed by atoms with Crippen LogP contribution in [0.15, 0.2) is 0 Å². The Morgan fingerprint density at radius 2 is 2.00 bits per heavy atom. The number of nitrogens with zero attached hydrogens (tertiary/aromatic N) is 1. The molecule has 0 aliphatic heterocycles. The van der Waals surface area contributed by atoms with Crippen molar-refractivity contribution in [2.45, 2.75) is 69.7 Å². The predicted molar refractivity (Wildman–Crippen MR) is 85.5 cm³/mol. The fourth-order valence-electron chi connectivity index (χ4n) is 3.36. The van der Waals surface area contributed by atoms with Crippen molar-refractivity contribution in [2.75, 3.05) is 6.54 Å². The fraction of sp³-hybridized carbons (Fsp3) is 0.750. The van der Waals surface area contributed by atoms with E-state index in [1.54, 1.807) is 0 Å². The molecule has 0 unspecified atom stereocenters. The zero-order valence-corrected chi connectivity index (χ0v) is 13.4. The number of thiazole rings is 1. The molecule has 116 valence electrons. The molecule has 0 saturated heterocycles. The minimum absolute atomic E-state index is 0.0402. The first kappa shape index (κ1) is 15.0. The van der Waals surface area contributed by atoms with Gasteiger partial charge >= 0.3 is 0 Å². The van der Waals surface area contributed by atoms with Gasteiger partial charge < -0.3 is 11.1 Å². The van der Waals surface area contributed by atoms with Crippen molar-refractivity contribution in [1.82, 2.24) is 10.3 Å². The number of rotatable bonds is 5. The molecule has 1 amide bonds. The molecular weight excluding hydrogens is 282 g/mol. The van der Waals surface area contributed by atoms with E-state index in [0.29, 0.717) is 6.54 Å². The molecule has 3 rings (SSSR count). The van der Waals surface area contributed by atoms with Crippen LogP contribution in [0.1, 0.15) is 60.5 Å². The Balaban J connectivity index is 1.42. The lowest BCUT2D eigenvalue weighted by Gasteiger charge is -2.22. The number of aryl methyl sites for hydroxylation is 3. The Hall–Kier alpha value is -0.940. The van der Waals surface area contributed by atoms with Crippen molar-refractivity contribution in [1.29, 1.82) is 0 Å². The summed E-state index contributed by atoms with van der Waals surface area (Å²) >= 11 is 1.87. The second-order valence-corrected chi connectivity index (χ2v) is 7.58. The topological polar surface area (TPSA) is 68.0 Å². The van der Waals surface area contributed by atoms with Gasteiger partial charge in [0.2, 0.25) is 5.91 Å². The quantitative estimate of drug-likeness (QED) is 0.821. The average molecular weight is 307 g/mol. The number of carbonyl (C=O) groups is 1. The molecule has 1 aromatic rings. The monoisotopic (exact) mass is 307 g/mol. The second kappa shape index (κ2) is 6.44. The van der Waals surface area contributed by atoms with E-state index in [9.17, 15) is 4.79 Å². The molecule has 0 aromatic carbocycles. The zero-order chi connectivity index (χ0) is 14.7. The van der Waals surface area contributed by atoms with Gasteiger partial charge in [-0.2, -0.15) is 0 Å². The van der Waals surface area contributed by atoms with Gasteiger partial charge in [-0.25, -0.2) is 4.98 Å². The third-order valence-corrected chi connectivity index (χ3v) is 5.91. The summed E-state index contributed by atoms with van der Waals surface area (Å²) in [6.45, 7) is 0.710. The Morgan fingerprint density at radius 3 is 2.76 bits per heavy atom. The average Bonchev–Trinajstić information content (AvgIpc) is 3.10. The predicted octanol–water partition coefficient (Wildman–Crippen LogP) is 2.34. The largest absolute Gasteiger partial charge is 0.354 e. The molecule has 5 heteroatoms. The van der Waals surface area contributed by atoms with Gasteiger partial charge in [-0.05, 0) is 44.9 Å². The van der Waals surface area contributed by atoms with Crippen molar-refractivity contribution < 1.29 is 4.79 Å². The van der Waals surface area contributed by atoms with Gasteiger partial charge in [0.25, 0.3) is 0 Å². The lowest BCUT2D eigenvalue weighted by molar-refractivity contribution is -0.126. The first-order chi connectivity index (χ1) is 10.2. The van der Waals surface area contributed by atoms with Gasteiger partial charge in [0, 0.05) is 17.8 Å². The number of hydrogen-bond acceptors (Lipinski definition) is 4. The Morgan fingerprint density at radius 1 is 1.24 bits per heavy atom. The highest BCUT2D eigenvalue weighted by Gasteiger charge is 2.36. The van der Waals surface area contributed by atoms with E-state index >= 15 is 0 Å². The molecule has 1 heterocycles. The molecule has 3 N–H and O–H groups in total. The fourth-order valence-corrected chi connectivity index (χ4v) is 4.56. The maximum Gasteiger partial charge on any atom is 0.240 e. The highest BCUT2D eigenvalue weighted by molar-refractivity contribution is 7.11. The molecule has 2 aliphatic rings. The van der Waals surface area contributed by atoms with E-state index in [0.717, 1.165) is 44.9 Å². The van der Waals surface area contributed by atoms with E-state index in [2.05, 4.69) is 5.32 Å². The Bertz CT molecular complexity index is 482. The van der Waals surface area contributed by atoms with Crippen molar-refractivity contribution in [3.63, 3.8) is 0 Å². The van der Waals surface area contributed by atoms with Crippen molar-refractivity contribution in [2.24, 2.45) is 5.73 Å². The molecule has 1 saturated carbocycles. The number of carbonyl (C=O) groups excluding carboxylic acids is 1. The number of amides is 1. The van der Waals surface area contributed by atoms with Crippen LogP contribution in [-0.2, 0) is 24.1 Å². The van der Waals surface area contributed by atoms with Crippen molar-refractivity contribution >= 4 is 17.2 Å². The number of hydrogen-bond donors (Lipinski definition) is 2. The van der Waals surface area contributed by atoms with Crippen LogP contribution in [0.3, 0.4) is 0 Å². The number of nitrogens with two attached hydrogens (primary N) is 1. The van der Waals surface area contributed by atoms with Crippen LogP contribution in [0.4, 0.5) is 0 Å². The molecule has 0 bridgehead atoms. The van der Waals surface area contributed by atoms with Crippen LogP contribution in [0, 0.1) is 0 Å². The first-order valence-corrected chi connectivity index (χ1v) is 9.04. The van der Waals surface area contributed by atoms with Crippen LogP contribution in [0.25, 0.3) is 0 Å². The molecule has 1 fully saturated rings. The lowest BCUT2D eigenvalue weighted by Crippen LogP contribution is -2.52. The van der Waals surface area contributed by atoms with Gasteiger partial charge in [-0.1, -0.05) is 12.8 Å². The maximum atomic E-state index is 12.1. The highest BCUT2D eigenvalue weighted by Crippen LogP contribution is 2.28. The van der Waals surface area contributed by atoms with E-state index < -0.39 is 5.54 Å². The summed E-state index contributed by atoms with van der Waals surface area (Å²) in [6, 6.07) is 0. The summed E-state index contributed by atoms with van der Waals surface area (Å²) < 4.78 is 0. The third-order valence-electron chi connectivity index (χ3n) is 4.69. The van der Waals surface area contributed by atoms with Gasteiger partial charge in [0.1, 0.15) is 0 Å². The lowest BCUT2D eigenvalue weighted by atomic mass is 9.98. The summed E-state index contributed by atoms with van der Waals surface area (Å²) in [6.07, 6.45) is 10.7. The minimum atomic E-state index is -0.597. The number of fused-ring (bicyclic) bond motifs is 1. The van der Waals surface area contributed by atoms with E-state index in [-0.39, 0.29) is 5.91 Å². The van der Waals surface area contributed by atoms with Gasteiger partial charge in [-0.3, -0.25) is 4.79 Å². The summed E-state index contributed by atoms with van der Waals surface area (Å²) in [4.78, 5) is 18.3. The van der Waals surface area contributed by atoms with Crippen molar-refractivity contribution in [3.8, 4) is 0 Å². The van der Waals surface area contributed by atoms with Crippen LogP contribution < -0.4 is 11.1 Å². The molecule has 21 heavy (non-hydrogen) atoms. The van der Waals surface area contributed by atoms with Crippen molar-refractivity contribution in [3.05, 3.63) is 15.6 Å². The van der Waals surface area contributed by atoms with E-state index in [4.69, 9.17) is 10.7 Å². The normalized spacial score (nSPS) is 20.2. The molecular formula is C16H25N3OS. The second-order valence-electron chi connectivity index (χ2n) is 6.41. The highest BCUT2D eigenvalue weighted by atomic mass is 32.1. The van der Waals surface area contributed by atoms with Gasteiger partial charge in [0.15, 0.2) is 0 Å². The summed E-state index contributed by atoms with van der Waals surface area (Å²) in [5.74, 6) is 0.0402. The minimum Gasteiger partial charge on any atom is -0.354 e. The molecule has 0 spiro atoms. The maximum absolute atomic E-state index is 12.1. The molecule has 2 aliphatic carbocycles. The SMILES string of the molecule is NC1(C(=O)NCCCc2nc3c(s2)CCCC3)CCCC1. The van der Waals surface area contributed by atoms with Crippen LogP contribution in [0.2, 0.25) is 0 Å². The summed E-state index contributed by atoms with van der Waals surface area (Å²) in [5, 5.41) is 4.25. The number of aromatic nitrogens is 1.